The van der Waals surface area contributed by atoms with Crippen LogP contribution >= 0.6 is 34.4 Å². The number of hydrogen-bond acceptors (Lipinski definition) is 11. The number of allylic oxidation sites excluding steroid dienone is 2. The van der Waals surface area contributed by atoms with Gasteiger partial charge in [0.2, 0.25) is 13.0 Å². The van der Waals surface area contributed by atoms with Crippen LogP contribution < -0.4 is 15.2 Å². The molecule has 3 aromatic rings. The van der Waals surface area contributed by atoms with Gasteiger partial charge in [-0.05, 0) is 49.9 Å². The number of alkyl halides is 3. The van der Waals surface area contributed by atoms with Crippen molar-refractivity contribution in [1.29, 1.82) is 0 Å². The summed E-state index contributed by atoms with van der Waals surface area (Å²) in [5.41, 5.74) is -1.09. The van der Waals surface area contributed by atoms with Crippen LogP contribution in [0.15, 0.2) is 63.7 Å². The molecule has 12 nitrogen and oxygen atoms in total. The number of hydrogen-bond donors (Lipinski definition) is 2. The number of thiazole rings is 1. The molecule has 5 rings (SSSR count). The van der Waals surface area contributed by atoms with E-state index in [9.17, 15) is 32.3 Å². The molecule has 0 spiro atoms. The van der Waals surface area contributed by atoms with Crippen LogP contribution in [0.25, 0.3) is 10.2 Å². The molecule has 5 heterocycles. The Balaban J connectivity index is 1.37. The summed E-state index contributed by atoms with van der Waals surface area (Å²) in [6.45, 7) is 3.83. The molecule has 0 unspecified atom stereocenters. The van der Waals surface area contributed by atoms with Gasteiger partial charge in [-0.2, -0.15) is 17.7 Å². The van der Waals surface area contributed by atoms with Gasteiger partial charge in [-0.15, -0.1) is 23.1 Å². The molecule has 2 atom stereocenters. The molecule has 2 N–H and O–H groups in total. The van der Waals surface area contributed by atoms with E-state index in [1.54, 1.807) is 38.2 Å². The maximum Gasteiger partial charge on any atom is 0.425 e. The number of esters is 1. The van der Waals surface area contributed by atoms with E-state index in [0.717, 1.165) is 21.6 Å². The number of ether oxygens (including phenoxy) is 1. The lowest BCUT2D eigenvalue weighted by Crippen LogP contribution is -2.71. The smallest absolute Gasteiger partial charge is 0.425 e. The molecule has 0 saturated carbocycles. The van der Waals surface area contributed by atoms with E-state index in [2.05, 4.69) is 30.2 Å². The van der Waals surface area contributed by atoms with Crippen LogP contribution in [0, 0.1) is 0 Å². The van der Waals surface area contributed by atoms with Gasteiger partial charge in [0.25, 0.3) is 16.6 Å². The third-order valence-electron chi connectivity index (χ3n) is 6.50. The van der Waals surface area contributed by atoms with Gasteiger partial charge >= 0.3 is 12.1 Å². The lowest BCUT2D eigenvalue weighted by molar-refractivity contribution is -0.658. The fourth-order valence-corrected chi connectivity index (χ4v) is 7.47. The zero-order chi connectivity index (χ0) is 33.9. The standard InChI is InChI=1S/C29H27F3N6O6S3/c1-28(2,3)44-26(42)21-17(7-5-10-37-9-4-6-16-8-11-45-24(16)37)12-46-25-20(23(41)38(21)25)35-22(40)19(36-43-14-29(30,31)32)18-13-47-27(34-18)33-15-39/h4-9,11,13,15,20,25H,10,12,14H2,1-3H3,(H-,33,34,35,39,40)/p+1/b7-5-,36-19?/t20-,25+/m1/s1. The van der Waals surface area contributed by atoms with E-state index in [-0.39, 0.29) is 16.5 Å². The van der Waals surface area contributed by atoms with Gasteiger partial charge < -0.3 is 20.2 Å². The molecule has 0 radical (unpaired) electrons. The van der Waals surface area contributed by atoms with Crippen molar-refractivity contribution in [2.75, 3.05) is 17.7 Å². The minimum absolute atomic E-state index is 0.0428. The minimum atomic E-state index is -4.73. The molecule has 2 aliphatic rings. The van der Waals surface area contributed by atoms with Crippen molar-refractivity contribution in [1.82, 2.24) is 15.2 Å². The number of anilines is 1. The minimum Gasteiger partial charge on any atom is -0.455 e. The predicted molar refractivity (Wildman–Crippen MR) is 169 cm³/mol. The van der Waals surface area contributed by atoms with Crippen LogP contribution in [0.5, 0.6) is 0 Å². The van der Waals surface area contributed by atoms with Crippen molar-refractivity contribution in [2.45, 2.75) is 50.5 Å². The van der Waals surface area contributed by atoms with Crippen molar-refractivity contribution in [3.63, 3.8) is 0 Å². The third-order valence-corrected chi connectivity index (χ3v) is 9.54. The van der Waals surface area contributed by atoms with E-state index in [4.69, 9.17) is 4.74 Å². The van der Waals surface area contributed by atoms with Gasteiger partial charge in [0.1, 0.15) is 28.4 Å². The maximum absolute atomic E-state index is 13.5. The van der Waals surface area contributed by atoms with Gasteiger partial charge in [0.15, 0.2) is 23.6 Å². The van der Waals surface area contributed by atoms with Crippen LogP contribution in [0.4, 0.5) is 18.3 Å². The molecule has 0 bridgehead atoms. The molecule has 47 heavy (non-hydrogen) atoms. The van der Waals surface area contributed by atoms with Gasteiger partial charge in [-0.1, -0.05) is 22.6 Å². The van der Waals surface area contributed by atoms with E-state index in [1.807, 2.05) is 35.9 Å². The Morgan fingerprint density at radius 1 is 1.23 bits per heavy atom. The Bertz CT molecular complexity index is 1790. The Labute approximate surface area is 278 Å². The summed E-state index contributed by atoms with van der Waals surface area (Å²) in [6, 6.07) is 4.83. The number of β-lactam (4-membered cyclic amide) rings is 1. The van der Waals surface area contributed by atoms with Crippen LogP contribution in [0.3, 0.4) is 0 Å². The number of carbonyl (C=O) groups excluding carboxylic acids is 4. The summed E-state index contributed by atoms with van der Waals surface area (Å²) >= 11 is 3.78. The monoisotopic (exact) mass is 709 g/mol. The molecule has 248 valence electrons. The van der Waals surface area contributed by atoms with Crippen LogP contribution in [0.2, 0.25) is 0 Å². The number of pyridine rings is 1. The number of nitrogens with zero attached hydrogens (tertiary/aromatic N) is 4. The molecular weight excluding hydrogens is 682 g/mol. The van der Waals surface area contributed by atoms with Crippen molar-refractivity contribution in [2.24, 2.45) is 5.16 Å². The van der Waals surface area contributed by atoms with Crippen molar-refractivity contribution in [3.8, 4) is 0 Å². The Morgan fingerprint density at radius 2 is 2.02 bits per heavy atom. The molecule has 18 heteroatoms. The SMILES string of the molecule is CC(C)(C)OC(=O)C1=C(/C=C\C[n+]2cccc3ccsc32)CS[C@H]2[C@H](NC(=O)C(=NOCC(F)(F)F)c3csc(NC=O)n3)C(=O)N12. The number of thiophene rings is 1. The highest BCUT2D eigenvalue weighted by Crippen LogP contribution is 2.41. The summed E-state index contributed by atoms with van der Waals surface area (Å²) in [6.07, 6.45) is 1.21. The first-order valence-corrected chi connectivity index (χ1v) is 16.7. The van der Waals surface area contributed by atoms with Gasteiger partial charge in [-0.3, -0.25) is 19.3 Å². The second-order valence-corrected chi connectivity index (χ2v) is 14.0. The topological polar surface area (TPSA) is 143 Å². The lowest BCUT2D eigenvalue weighted by atomic mass is 10.0. The highest BCUT2D eigenvalue weighted by atomic mass is 32.2. The highest BCUT2D eigenvalue weighted by Gasteiger charge is 2.55. The zero-order valence-electron chi connectivity index (χ0n) is 25.1. The number of aromatic nitrogens is 2. The second-order valence-electron chi connectivity index (χ2n) is 11.1. The van der Waals surface area contributed by atoms with Crippen LogP contribution in [0.1, 0.15) is 26.5 Å². The first kappa shape index (κ1) is 34.1. The van der Waals surface area contributed by atoms with Gasteiger partial charge in [0, 0.05) is 17.2 Å². The number of thioether (sulfide) groups is 1. The van der Waals surface area contributed by atoms with Crippen LogP contribution in [-0.4, -0.2) is 75.3 Å². The van der Waals surface area contributed by atoms with Gasteiger partial charge in [-0.25, -0.2) is 9.78 Å². The number of amides is 3. The predicted octanol–water partition coefficient (Wildman–Crippen LogP) is 3.75. The Kier molecular flexibility index (Phi) is 10.0. The van der Waals surface area contributed by atoms with Crippen molar-refractivity contribution in [3.05, 3.63) is 64.3 Å². The normalized spacial score (nSPS) is 18.6. The number of halogens is 3. The number of nitrogens with one attached hydrogen (secondary N) is 2. The third kappa shape index (κ3) is 7.99. The average Bonchev–Trinajstić information content (AvgIpc) is 3.67. The summed E-state index contributed by atoms with van der Waals surface area (Å²) in [7, 11) is 0. The first-order chi connectivity index (χ1) is 22.3. The number of oxime groups is 1. The largest absolute Gasteiger partial charge is 0.455 e. The number of rotatable bonds is 11. The number of fused-ring (bicyclic) bond motifs is 2. The zero-order valence-corrected chi connectivity index (χ0v) is 27.5. The van der Waals surface area contributed by atoms with Crippen molar-refractivity contribution < 1.29 is 46.5 Å². The van der Waals surface area contributed by atoms with E-state index < -0.39 is 53.3 Å². The Hall–Kier alpha value is -4.29. The second kappa shape index (κ2) is 13.8. The fraction of sp³-hybridized carbons (Fsp3) is 0.345. The molecule has 3 aromatic heterocycles. The van der Waals surface area contributed by atoms with E-state index in [0.29, 0.717) is 24.3 Å². The van der Waals surface area contributed by atoms with Crippen LogP contribution in [-0.2, 0) is 35.3 Å². The molecule has 0 aliphatic carbocycles. The lowest BCUT2D eigenvalue weighted by Gasteiger charge is -2.49. The molecule has 3 amide bonds. The molecule has 2 aliphatic heterocycles. The summed E-state index contributed by atoms with van der Waals surface area (Å²) in [5, 5.41) is 11.8. The quantitative estimate of drug-likeness (QED) is 0.0766. The molecule has 1 saturated heterocycles. The number of carbonyl (C=O) groups is 4. The average molecular weight is 710 g/mol. The summed E-state index contributed by atoms with van der Waals surface area (Å²) in [4.78, 5) is 61.7. The highest BCUT2D eigenvalue weighted by molar-refractivity contribution is 8.00. The summed E-state index contributed by atoms with van der Waals surface area (Å²) < 4.78 is 45.8. The summed E-state index contributed by atoms with van der Waals surface area (Å²) in [5.74, 6) is -2.09. The Morgan fingerprint density at radius 3 is 2.74 bits per heavy atom. The molecule has 1 fully saturated rings. The van der Waals surface area contributed by atoms with Crippen molar-refractivity contribution >= 4 is 79.7 Å². The fourth-order valence-electron chi connectivity index (χ4n) is 4.61. The van der Waals surface area contributed by atoms with Gasteiger partial charge in [0.05, 0.1) is 5.39 Å². The van der Waals surface area contributed by atoms with E-state index in [1.165, 1.54) is 22.0 Å². The van der Waals surface area contributed by atoms with E-state index >= 15 is 0 Å². The molecular formula is C29H28F3N6O6S3+. The molecule has 0 aromatic carbocycles. The first-order valence-electron chi connectivity index (χ1n) is 13.9. The maximum atomic E-state index is 13.5.